The SMILES string of the molecule is CCCNC1CCS(=O)(=O)c2c(C)cccc21. The smallest absolute Gasteiger partial charge is 0.179 e. The van der Waals surface area contributed by atoms with Crippen molar-refractivity contribution in [1.29, 1.82) is 0 Å². The number of hydrogen-bond donors (Lipinski definition) is 1. The van der Waals surface area contributed by atoms with E-state index >= 15 is 0 Å². The zero-order valence-corrected chi connectivity index (χ0v) is 11.2. The Morgan fingerprint density at radius 3 is 2.88 bits per heavy atom. The van der Waals surface area contributed by atoms with E-state index in [1.165, 1.54) is 0 Å². The van der Waals surface area contributed by atoms with Crippen LogP contribution in [0.15, 0.2) is 23.1 Å². The van der Waals surface area contributed by atoms with Crippen LogP contribution in [0.1, 0.15) is 36.9 Å². The van der Waals surface area contributed by atoms with Crippen LogP contribution in [0.2, 0.25) is 0 Å². The first-order valence-electron chi connectivity index (χ1n) is 6.12. The molecule has 1 aromatic rings. The zero-order valence-electron chi connectivity index (χ0n) is 10.4. The molecule has 0 bridgehead atoms. The number of rotatable bonds is 3. The van der Waals surface area contributed by atoms with Crippen LogP contribution in [0.4, 0.5) is 0 Å². The number of aryl methyl sites for hydroxylation is 1. The van der Waals surface area contributed by atoms with Gasteiger partial charge in [-0.15, -0.1) is 0 Å². The van der Waals surface area contributed by atoms with Gasteiger partial charge in [-0.05, 0) is 37.4 Å². The van der Waals surface area contributed by atoms with Crippen LogP contribution in [0.5, 0.6) is 0 Å². The largest absolute Gasteiger partial charge is 0.310 e. The molecule has 1 aliphatic rings. The number of fused-ring (bicyclic) bond motifs is 1. The second kappa shape index (κ2) is 4.78. The van der Waals surface area contributed by atoms with Gasteiger partial charge in [-0.1, -0.05) is 25.1 Å². The van der Waals surface area contributed by atoms with E-state index in [0.29, 0.717) is 11.3 Å². The summed E-state index contributed by atoms with van der Waals surface area (Å²) in [6.07, 6.45) is 1.74. The fourth-order valence-electron chi connectivity index (χ4n) is 2.44. The second-order valence-corrected chi connectivity index (χ2v) is 6.65. The molecule has 0 saturated carbocycles. The average molecular weight is 253 g/mol. The van der Waals surface area contributed by atoms with E-state index in [1.54, 1.807) is 0 Å². The first-order chi connectivity index (χ1) is 8.06. The fourth-order valence-corrected chi connectivity index (χ4v) is 4.31. The van der Waals surface area contributed by atoms with Crippen molar-refractivity contribution in [1.82, 2.24) is 5.32 Å². The molecule has 0 saturated heterocycles. The number of benzene rings is 1. The fraction of sp³-hybridized carbons (Fsp3) is 0.538. The molecule has 17 heavy (non-hydrogen) atoms. The normalized spacial score (nSPS) is 22.1. The molecule has 1 aliphatic heterocycles. The first kappa shape index (κ1) is 12.6. The van der Waals surface area contributed by atoms with E-state index < -0.39 is 9.84 Å². The third-order valence-corrected chi connectivity index (χ3v) is 5.20. The molecular formula is C13H19NO2S. The van der Waals surface area contributed by atoms with Crippen molar-refractivity contribution >= 4 is 9.84 Å². The molecule has 1 unspecified atom stereocenters. The van der Waals surface area contributed by atoms with Gasteiger partial charge in [-0.25, -0.2) is 8.42 Å². The van der Waals surface area contributed by atoms with E-state index in [4.69, 9.17) is 0 Å². The Balaban J connectivity index is 2.45. The monoisotopic (exact) mass is 253 g/mol. The molecule has 0 radical (unpaired) electrons. The first-order valence-corrected chi connectivity index (χ1v) is 7.77. The average Bonchev–Trinajstić information content (AvgIpc) is 2.28. The summed E-state index contributed by atoms with van der Waals surface area (Å²) in [5.74, 6) is 0.256. The van der Waals surface area contributed by atoms with Gasteiger partial charge in [0, 0.05) is 6.04 Å². The van der Waals surface area contributed by atoms with Gasteiger partial charge in [-0.2, -0.15) is 0 Å². The van der Waals surface area contributed by atoms with Crippen molar-refractivity contribution in [2.75, 3.05) is 12.3 Å². The highest BCUT2D eigenvalue weighted by atomic mass is 32.2. The molecule has 2 rings (SSSR count). The summed E-state index contributed by atoms with van der Waals surface area (Å²) < 4.78 is 24.2. The maximum absolute atomic E-state index is 12.1. The molecule has 0 fully saturated rings. The van der Waals surface area contributed by atoms with Crippen molar-refractivity contribution in [3.05, 3.63) is 29.3 Å². The topological polar surface area (TPSA) is 46.2 Å². The molecule has 0 spiro atoms. The lowest BCUT2D eigenvalue weighted by molar-refractivity contribution is 0.491. The Labute approximate surface area is 103 Å². The summed E-state index contributed by atoms with van der Waals surface area (Å²) in [7, 11) is -3.07. The molecule has 1 atom stereocenters. The zero-order chi connectivity index (χ0) is 12.5. The Kier molecular flexibility index (Phi) is 3.54. The van der Waals surface area contributed by atoms with Crippen LogP contribution in [0.25, 0.3) is 0 Å². The summed E-state index contributed by atoms with van der Waals surface area (Å²) in [6, 6.07) is 5.94. The van der Waals surface area contributed by atoms with Crippen LogP contribution in [-0.2, 0) is 9.84 Å². The summed E-state index contributed by atoms with van der Waals surface area (Å²) in [4.78, 5) is 0.555. The van der Waals surface area contributed by atoms with E-state index in [1.807, 2.05) is 25.1 Å². The van der Waals surface area contributed by atoms with Gasteiger partial charge in [0.1, 0.15) is 0 Å². The Morgan fingerprint density at radius 2 is 2.18 bits per heavy atom. The van der Waals surface area contributed by atoms with Crippen LogP contribution in [0, 0.1) is 6.92 Å². The van der Waals surface area contributed by atoms with Gasteiger partial charge in [-0.3, -0.25) is 0 Å². The standard InChI is InChI=1S/C13H19NO2S/c1-3-8-14-12-7-9-17(15,16)13-10(2)5-4-6-11(12)13/h4-6,12,14H,3,7-9H2,1-2H3. The molecule has 0 aromatic heterocycles. The lowest BCUT2D eigenvalue weighted by Gasteiger charge is -2.27. The summed E-state index contributed by atoms with van der Waals surface area (Å²) in [5.41, 5.74) is 1.81. The van der Waals surface area contributed by atoms with Crippen LogP contribution < -0.4 is 5.32 Å². The maximum atomic E-state index is 12.1. The second-order valence-electron chi connectivity index (χ2n) is 4.61. The van der Waals surface area contributed by atoms with E-state index in [-0.39, 0.29) is 11.8 Å². The third kappa shape index (κ3) is 2.38. The number of nitrogens with one attached hydrogen (secondary N) is 1. The molecule has 0 amide bonds. The van der Waals surface area contributed by atoms with Crippen molar-refractivity contribution < 1.29 is 8.42 Å². The van der Waals surface area contributed by atoms with E-state index in [9.17, 15) is 8.42 Å². The van der Waals surface area contributed by atoms with Gasteiger partial charge in [0.2, 0.25) is 0 Å². The lowest BCUT2D eigenvalue weighted by atomic mass is 10.0. The minimum atomic E-state index is -3.07. The highest BCUT2D eigenvalue weighted by molar-refractivity contribution is 7.91. The van der Waals surface area contributed by atoms with Gasteiger partial charge in [0.15, 0.2) is 9.84 Å². The molecule has 3 nitrogen and oxygen atoms in total. The highest BCUT2D eigenvalue weighted by Crippen LogP contribution is 2.34. The number of sulfone groups is 1. The lowest BCUT2D eigenvalue weighted by Crippen LogP contribution is -2.30. The van der Waals surface area contributed by atoms with Crippen molar-refractivity contribution in [3.63, 3.8) is 0 Å². The molecule has 1 N–H and O–H groups in total. The summed E-state index contributed by atoms with van der Waals surface area (Å²) in [5, 5.41) is 3.43. The summed E-state index contributed by atoms with van der Waals surface area (Å²) >= 11 is 0. The Bertz CT molecular complexity index is 508. The van der Waals surface area contributed by atoms with Crippen molar-refractivity contribution in [2.24, 2.45) is 0 Å². The van der Waals surface area contributed by atoms with Crippen LogP contribution in [-0.4, -0.2) is 20.7 Å². The number of hydrogen-bond acceptors (Lipinski definition) is 3. The Morgan fingerprint density at radius 1 is 1.41 bits per heavy atom. The van der Waals surface area contributed by atoms with E-state index in [2.05, 4.69) is 12.2 Å². The van der Waals surface area contributed by atoms with E-state index in [0.717, 1.165) is 24.1 Å². The van der Waals surface area contributed by atoms with Crippen LogP contribution >= 0.6 is 0 Å². The quantitative estimate of drug-likeness (QED) is 0.898. The molecule has 1 aromatic carbocycles. The molecule has 0 aliphatic carbocycles. The minimum absolute atomic E-state index is 0.188. The van der Waals surface area contributed by atoms with Crippen molar-refractivity contribution in [3.8, 4) is 0 Å². The predicted octanol–water partition coefficient (Wildman–Crippen LogP) is 2.21. The van der Waals surface area contributed by atoms with Gasteiger partial charge in [0.25, 0.3) is 0 Å². The van der Waals surface area contributed by atoms with Crippen LogP contribution in [0.3, 0.4) is 0 Å². The van der Waals surface area contributed by atoms with Gasteiger partial charge in [0.05, 0.1) is 10.6 Å². The van der Waals surface area contributed by atoms with Gasteiger partial charge < -0.3 is 5.32 Å². The Hall–Kier alpha value is -0.870. The molecule has 4 heteroatoms. The molecular weight excluding hydrogens is 234 g/mol. The maximum Gasteiger partial charge on any atom is 0.179 e. The minimum Gasteiger partial charge on any atom is -0.310 e. The third-order valence-electron chi connectivity index (χ3n) is 3.24. The summed E-state index contributed by atoms with van der Waals surface area (Å²) in [6.45, 7) is 4.92. The predicted molar refractivity (Wildman–Crippen MR) is 68.9 cm³/mol. The molecule has 94 valence electrons. The highest BCUT2D eigenvalue weighted by Gasteiger charge is 2.30. The van der Waals surface area contributed by atoms with Crippen molar-refractivity contribution in [2.45, 2.75) is 37.6 Å². The molecule has 1 heterocycles. The van der Waals surface area contributed by atoms with Gasteiger partial charge >= 0.3 is 0 Å².